The molecule has 6 heteroatoms. The number of nitrogens with zero attached hydrogens (tertiary/aromatic N) is 1. The summed E-state index contributed by atoms with van der Waals surface area (Å²) in [5.74, 6) is 0.371. The Balaban J connectivity index is 2.92. The minimum Gasteiger partial charge on any atom is -0.383 e. The molecule has 0 amide bonds. The second-order valence-corrected chi connectivity index (χ2v) is 5.45. The van der Waals surface area contributed by atoms with Gasteiger partial charge in [0.2, 0.25) is 0 Å². The zero-order valence-electron chi connectivity index (χ0n) is 8.32. The highest BCUT2D eigenvalue weighted by atomic mass is 32.2. The maximum absolute atomic E-state index is 11.7. The summed E-state index contributed by atoms with van der Waals surface area (Å²) >= 11 is 0. The number of nitrogens with two attached hydrogens (primary N) is 1. The average molecular weight is 217 g/mol. The second-order valence-electron chi connectivity index (χ2n) is 3.44. The van der Waals surface area contributed by atoms with E-state index in [2.05, 4.69) is 10.2 Å². The highest BCUT2D eigenvalue weighted by Crippen LogP contribution is 2.19. The molecule has 1 rings (SSSR count). The molecule has 0 radical (unpaired) electrons. The molecule has 14 heavy (non-hydrogen) atoms. The van der Waals surface area contributed by atoms with Crippen LogP contribution >= 0.6 is 0 Å². The van der Waals surface area contributed by atoms with Gasteiger partial charge in [0, 0.05) is 0 Å². The predicted octanol–water partition coefficient (Wildman–Crippen LogP) is 0.812. The lowest BCUT2D eigenvalue weighted by molar-refractivity contribution is 0.564. The molecule has 80 valence electrons. The van der Waals surface area contributed by atoms with Crippen LogP contribution in [-0.2, 0) is 9.84 Å². The van der Waals surface area contributed by atoms with Crippen molar-refractivity contribution in [2.75, 3.05) is 11.5 Å². The second kappa shape index (κ2) is 4.00. The number of rotatable bonds is 4. The fourth-order valence-electron chi connectivity index (χ4n) is 1.12. The maximum Gasteiger partial charge on any atom is 0.183 e. The summed E-state index contributed by atoms with van der Waals surface area (Å²) in [6, 6.07) is 0. The van der Waals surface area contributed by atoms with Crippen LogP contribution in [0.5, 0.6) is 0 Å². The first-order chi connectivity index (χ1) is 6.47. The Bertz CT molecular complexity index is 396. The Hall–Kier alpha value is -1.04. The number of hydrogen-bond donors (Lipinski definition) is 2. The average Bonchev–Trinajstić information content (AvgIpc) is 2.51. The standard InChI is InChI=1S/C8H15N3O2S/c1-3-6(2)5-14(12,13)7-4-10-11-8(7)9/h4,6H,3,5H2,1-2H3,(H3,9,10,11). The topological polar surface area (TPSA) is 88.8 Å². The number of aromatic nitrogens is 2. The fraction of sp³-hybridized carbons (Fsp3) is 0.625. The molecule has 0 aliphatic heterocycles. The van der Waals surface area contributed by atoms with Gasteiger partial charge in [-0.1, -0.05) is 20.3 Å². The molecule has 1 heterocycles. The van der Waals surface area contributed by atoms with E-state index in [0.29, 0.717) is 0 Å². The third-order valence-electron chi connectivity index (χ3n) is 2.17. The van der Waals surface area contributed by atoms with Gasteiger partial charge >= 0.3 is 0 Å². The van der Waals surface area contributed by atoms with Crippen LogP contribution in [0.2, 0.25) is 0 Å². The van der Waals surface area contributed by atoms with Crippen LogP contribution in [0.25, 0.3) is 0 Å². The molecule has 3 N–H and O–H groups in total. The number of hydrogen-bond acceptors (Lipinski definition) is 4. The van der Waals surface area contributed by atoms with E-state index in [1.165, 1.54) is 6.20 Å². The summed E-state index contributed by atoms with van der Waals surface area (Å²) in [6.07, 6.45) is 2.09. The van der Waals surface area contributed by atoms with E-state index in [9.17, 15) is 8.42 Å². The van der Waals surface area contributed by atoms with E-state index in [1.54, 1.807) is 0 Å². The van der Waals surface area contributed by atoms with Crippen LogP contribution in [-0.4, -0.2) is 24.4 Å². The largest absolute Gasteiger partial charge is 0.383 e. The van der Waals surface area contributed by atoms with Gasteiger partial charge in [-0.2, -0.15) is 5.10 Å². The first kappa shape index (κ1) is 11.0. The molecule has 0 spiro atoms. The summed E-state index contributed by atoms with van der Waals surface area (Å²) in [6.45, 7) is 3.85. The molecule has 0 fully saturated rings. The lowest BCUT2D eigenvalue weighted by atomic mass is 10.2. The van der Waals surface area contributed by atoms with Crippen molar-refractivity contribution in [1.29, 1.82) is 0 Å². The molecular formula is C8H15N3O2S. The molecule has 0 aliphatic rings. The maximum atomic E-state index is 11.7. The monoisotopic (exact) mass is 217 g/mol. The number of H-pyrrole nitrogens is 1. The molecule has 0 aromatic carbocycles. The molecule has 0 saturated carbocycles. The van der Waals surface area contributed by atoms with Gasteiger partial charge in [0.1, 0.15) is 10.7 Å². The van der Waals surface area contributed by atoms with Gasteiger partial charge in [-0.05, 0) is 5.92 Å². The minimum atomic E-state index is -3.28. The highest BCUT2D eigenvalue weighted by molar-refractivity contribution is 7.91. The van der Waals surface area contributed by atoms with Crippen LogP contribution in [0.1, 0.15) is 20.3 Å². The molecule has 0 bridgehead atoms. The Morgan fingerprint density at radius 2 is 2.29 bits per heavy atom. The molecule has 1 aromatic rings. The van der Waals surface area contributed by atoms with Crippen molar-refractivity contribution in [3.8, 4) is 0 Å². The molecule has 1 aromatic heterocycles. The van der Waals surface area contributed by atoms with Crippen molar-refractivity contribution in [1.82, 2.24) is 10.2 Å². The van der Waals surface area contributed by atoms with Gasteiger partial charge in [-0.3, -0.25) is 5.10 Å². The van der Waals surface area contributed by atoms with Gasteiger partial charge in [0.05, 0.1) is 11.9 Å². The molecule has 1 unspecified atom stereocenters. The normalized spacial score (nSPS) is 14.1. The van der Waals surface area contributed by atoms with E-state index < -0.39 is 9.84 Å². The van der Waals surface area contributed by atoms with Crippen LogP contribution in [0, 0.1) is 5.92 Å². The summed E-state index contributed by atoms with van der Waals surface area (Å²) in [5.41, 5.74) is 5.45. The van der Waals surface area contributed by atoms with E-state index >= 15 is 0 Å². The fourth-order valence-corrected chi connectivity index (χ4v) is 2.87. The van der Waals surface area contributed by atoms with Crippen molar-refractivity contribution in [3.63, 3.8) is 0 Å². The van der Waals surface area contributed by atoms with E-state index in [-0.39, 0.29) is 22.4 Å². The summed E-state index contributed by atoms with van der Waals surface area (Å²) in [5, 5.41) is 6.01. The highest BCUT2D eigenvalue weighted by Gasteiger charge is 2.21. The Labute approximate surface area is 83.6 Å². The zero-order chi connectivity index (χ0) is 10.8. The third kappa shape index (κ3) is 2.25. The smallest absolute Gasteiger partial charge is 0.183 e. The number of nitrogens with one attached hydrogen (secondary N) is 1. The van der Waals surface area contributed by atoms with Crippen LogP contribution in [0.4, 0.5) is 5.82 Å². The van der Waals surface area contributed by atoms with Crippen molar-refractivity contribution in [2.24, 2.45) is 5.92 Å². The molecular weight excluding hydrogens is 202 g/mol. The van der Waals surface area contributed by atoms with E-state index in [0.717, 1.165) is 6.42 Å². The van der Waals surface area contributed by atoms with Crippen molar-refractivity contribution < 1.29 is 8.42 Å². The zero-order valence-corrected chi connectivity index (χ0v) is 9.13. The lowest BCUT2D eigenvalue weighted by Gasteiger charge is -2.07. The van der Waals surface area contributed by atoms with Gasteiger partial charge in [-0.25, -0.2) is 8.42 Å². The Morgan fingerprint density at radius 3 is 2.71 bits per heavy atom. The Kier molecular flexibility index (Phi) is 3.15. The first-order valence-corrected chi connectivity index (χ1v) is 6.14. The van der Waals surface area contributed by atoms with Gasteiger partial charge < -0.3 is 5.73 Å². The van der Waals surface area contributed by atoms with Crippen LogP contribution < -0.4 is 5.73 Å². The molecule has 1 atom stereocenters. The van der Waals surface area contributed by atoms with Crippen molar-refractivity contribution in [2.45, 2.75) is 25.2 Å². The summed E-state index contributed by atoms with van der Waals surface area (Å²) < 4.78 is 23.5. The molecule has 0 aliphatic carbocycles. The molecule has 0 saturated heterocycles. The number of anilines is 1. The quantitative estimate of drug-likeness (QED) is 0.781. The molecule has 5 nitrogen and oxygen atoms in total. The van der Waals surface area contributed by atoms with Crippen molar-refractivity contribution in [3.05, 3.63) is 6.20 Å². The van der Waals surface area contributed by atoms with Crippen LogP contribution in [0.15, 0.2) is 11.1 Å². The van der Waals surface area contributed by atoms with E-state index in [4.69, 9.17) is 5.73 Å². The van der Waals surface area contributed by atoms with Gasteiger partial charge in [0.25, 0.3) is 0 Å². The minimum absolute atomic E-state index is 0.109. The van der Waals surface area contributed by atoms with Crippen molar-refractivity contribution >= 4 is 15.7 Å². The predicted molar refractivity (Wildman–Crippen MR) is 54.5 cm³/mol. The van der Waals surface area contributed by atoms with E-state index in [1.807, 2.05) is 13.8 Å². The first-order valence-electron chi connectivity index (χ1n) is 4.49. The summed E-state index contributed by atoms with van der Waals surface area (Å²) in [7, 11) is -3.28. The van der Waals surface area contributed by atoms with Gasteiger partial charge in [0.15, 0.2) is 9.84 Å². The SMILES string of the molecule is CCC(C)CS(=O)(=O)c1cn[nH]c1N. The number of nitrogen functional groups attached to an aromatic ring is 1. The third-order valence-corrected chi connectivity index (χ3v) is 4.17. The lowest BCUT2D eigenvalue weighted by Crippen LogP contribution is -2.14. The Morgan fingerprint density at radius 1 is 1.64 bits per heavy atom. The summed E-state index contributed by atoms with van der Waals surface area (Å²) in [4.78, 5) is 0.109. The number of sulfone groups is 1. The number of aromatic amines is 1. The van der Waals surface area contributed by atoms with Gasteiger partial charge in [-0.15, -0.1) is 0 Å². The van der Waals surface area contributed by atoms with Crippen LogP contribution in [0.3, 0.4) is 0 Å².